The second kappa shape index (κ2) is 6.58. The molecule has 1 aromatic heterocycles. The van der Waals surface area contributed by atoms with Gasteiger partial charge in [-0.25, -0.2) is 0 Å². The summed E-state index contributed by atoms with van der Waals surface area (Å²) in [6, 6.07) is 0. The summed E-state index contributed by atoms with van der Waals surface area (Å²) in [5.41, 5.74) is 0. The lowest BCUT2D eigenvalue weighted by Gasteiger charge is -2.14. The van der Waals surface area contributed by atoms with E-state index in [0.29, 0.717) is 11.8 Å². The summed E-state index contributed by atoms with van der Waals surface area (Å²) in [5.74, 6) is 2.15. The summed E-state index contributed by atoms with van der Waals surface area (Å²) in [7, 11) is 1.80. The molecule has 0 radical (unpaired) electrons. The first-order valence-corrected chi connectivity index (χ1v) is 6.05. The second-order valence-corrected chi connectivity index (χ2v) is 4.73. The molecule has 1 heterocycles. The molecule has 1 atom stereocenters. The van der Waals surface area contributed by atoms with Gasteiger partial charge in [0.05, 0.1) is 7.05 Å². The molecule has 1 rings (SSSR count). The number of aryl methyl sites for hydroxylation is 1. The Kier molecular flexibility index (Phi) is 5.38. The Morgan fingerprint density at radius 2 is 2.06 bits per heavy atom. The summed E-state index contributed by atoms with van der Waals surface area (Å²) >= 11 is 0. The van der Waals surface area contributed by atoms with Gasteiger partial charge in [-0.2, -0.15) is 4.80 Å². The largest absolute Gasteiger partial charge is 0.316 e. The minimum absolute atomic E-state index is 0.600. The Morgan fingerprint density at radius 1 is 1.31 bits per heavy atom. The van der Waals surface area contributed by atoms with E-state index >= 15 is 0 Å². The van der Waals surface area contributed by atoms with Crippen LogP contribution in [-0.4, -0.2) is 33.3 Å². The van der Waals surface area contributed by atoms with Crippen molar-refractivity contribution in [1.82, 2.24) is 25.5 Å². The molecule has 1 aromatic rings. The van der Waals surface area contributed by atoms with Crippen LogP contribution < -0.4 is 5.32 Å². The van der Waals surface area contributed by atoms with E-state index in [0.717, 1.165) is 31.8 Å². The van der Waals surface area contributed by atoms with Crippen molar-refractivity contribution in [2.75, 3.05) is 13.1 Å². The van der Waals surface area contributed by atoms with Gasteiger partial charge < -0.3 is 5.32 Å². The van der Waals surface area contributed by atoms with E-state index in [-0.39, 0.29) is 0 Å². The van der Waals surface area contributed by atoms with Crippen molar-refractivity contribution in [1.29, 1.82) is 0 Å². The molecule has 0 aliphatic heterocycles. The van der Waals surface area contributed by atoms with E-state index in [1.165, 1.54) is 4.80 Å². The van der Waals surface area contributed by atoms with Crippen molar-refractivity contribution in [3.8, 4) is 0 Å². The molecule has 1 unspecified atom stereocenters. The van der Waals surface area contributed by atoms with Crippen molar-refractivity contribution in [2.24, 2.45) is 18.9 Å². The smallest absolute Gasteiger partial charge is 0.175 e. The lowest BCUT2D eigenvalue weighted by Crippen LogP contribution is -2.27. The monoisotopic (exact) mass is 225 g/mol. The van der Waals surface area contributed by atoms with Crippen LogP contribution in [0, 0.1) is 11.8 Å². The highest BCUT2D eigenvalue weighted by Gasteiger charge is 2.11. The highest BCUT2D eigenvalue weighted by Crippen LogP contribution is 2.07. The lowest BCUT2D eigenvalue weighted by atomic mass is 10.0. The van der Waals surface area contributed by atoms with Gasteiger partial charge in [0, 0.05) is 6.42 Å². The number of aromatic nitrogens is 4. The molecule has 0 bridgehead atoms. The average Bonchev–Trinajstić information content (AvgIpc) is 2.62. The Bertz CT molecular complexity index is 294. The number of nitrogens with zero attached hydrogens (tertiary/aromatic N) is 4. The Hall–Kier alpha value is -0.970. The minimum Gasteiger partial charge on any atom is -0.316 e. The van der Waals surface area contributed by atoms with Crippen molar-refractivity contribution < 1.29 is 0 Å². The zero-order valence-electron chi connectivity index (χ0n) is 10.8. The summed E-state index contributed by atoms with van der Waals surface area (Å²) in [6.07, 6.45) is 2.05. The fourth-order valence-corrected chi connectivity index (χ4v) is 1.60. The van der Waals surface area contributed by atoms with Gasteiger partial charge in [-0.15, -0.1) is 10.2 Å². The van der Waals surface area contributed by atoms with E-state index < -0.39 is 0 Å². The maximum absolute atomic E-state index is 4.21. The van der Waals surface area contributed by atoms with E-state index in [9.17, 15) is 0 Å². The van der Waals surface area contributed by atoms with Crippen LogP contribution in [0.5, 0.6) is 0 Å². The minimum atomic E-state index is 0.600. The first-order valence-electron chi connectivity index (χ1n) is 6.05. The molecule has 5 nitrogen and oxygen atoms in total. The number of tetrazole rings is 1. The van der Waals surface area contributed by atoms with E-state index in [4.69, 9.17) is 0 Å². The number of hydrogen-bond acceptors (Lipinski definition) is 4. The Morgan fingerprint density at radius 3 is 2.56 bits per heavy atom. The Balaban J connectivity index is 2.31. The van der Waals surface area contributed by atoms with Crippen LogP contribution in [0.4, 0.5) is 0 Å². The van der Waals surface area contributed by atoms with Gasteiger partial charge in [0.15, 0.2) is 5.82 Å². The standard InChI is InChI=1S/C11H23N5/c1-5-10(8-12-7-9(2)3)6-11-13-15-16(4)14-11/h9-10,12H,5-8H2,1-4H3. The van der Waals surface area contributed by atoms with Crippen molar-refractivity contribution in [3.05, 3.63) is 5.82 Å². The van der Waals surface area contributed by atoms with Crippen molar-refractivity contribution >= 4 is 0 Å². The molecular weight excluding hydrogens is 202 g/mol. The van der Waals surface area contributed by atoms with E-state index in [2.05, 4.69) is 41.5 Å². The predicted octanol–water partition coefficient (Wildman–Crippen LogP) is 1.02. The highest BCUT2D eigenvalue weighted by molar-refractivity contribution is 4.81. The third-order valence-electron chi connectivity index (χ3n) is 2.58. The molecule has 1 N–H and O–H groups in total. The molecule has 5 heteroatoms. The van der Waals surface area contributed by atoms with E-state index in [1.807, 2.05) is 0 Å². The van der Waals surface area contributed by atoms with Gasteiger partial charge in [-0.1, -0.05) is 27.2 Å². The van der Waals surface area contributed by atoms with Gasteiger partial charge in [-0.3, -0.25) is 0 Å². The summed E-state index contributed by atoms with van der Waals surface area (Å²) in [4.78, 5) is 1.52. The van der Waals surface area contributed by atoms with Crippen LogP contribution in [0.25, 0.3) is 0 Å². The van der Waals surface area contributed by atoms with Crippen molar-refractivity contribution in [3.63, 3.8) is 0 Å². The Labute approximate surface area is 97.6 Å². The third-order valence-corrected chi connectivity index (χ3v) is 2.58. The molecule has 92 valence electrons. The molecular formula is C11H23N5. The SMILES string of the molecule is CCC(CNCC(C)C)Cc1nnn(C)n1. The molecule has 16 heavy (non-hydrogen) atoms. The molecule has 0 aliphatic rings. The maximum Gasteiger partial charge on any atom is 0.175 e. The molecule has 0 amide bonds. The van der Waals surface area contributed by atoms with Crippen LogP contribution >= 0.6 is 0 Å². The third kappa shape index (κ3) is 4.70. The van der Waals surface area contributed by atoms with Crippen LogP contribution in [0.3, 0.4) is 0 Å². The summed E-state index contributed by atoms with van der Waals surface area (Å²) in [5, 5.41) is 15.6. The topological polar surface area (TPSA) is 55.6 Å². The molecule has 0 saturated heterocycles. The van der Waals surface area contributed by atoms with Gasteiger partial charge >= 0.3 is 0 Å². The van der Waals surface area contributed by atoms with Crippen LogP contribution in [0.15, 0.2) is 0 Å². The maximum atomic E-state index is 4.21. The zero-order valence-corrected chi connectivity index (χ0v) is 10.8. The van der Waals surface area contributed by atoms with Gasteiger partial charge in [0.1, 0.15) is 0 Å². The predicted molar refractivity (Wildman–Crippen MR) is 64.0 cm³/mol. The lowest BCUT2D eigenvalue weighted by molar-refractivity contribution is 0.430. The van der Waals surface area contributed by atoms with Gasteiger partial charge in [0.25, 0.3) is 0 Å². The molecule has 0 saturated carbocycles. The first-order chi connectivity index (χ1) is 7.61. The van der Waals surface area contributed by atoms with Crippen molar-refractivity contribution in [2.45, 2.75) is 33.6 Å². The van der Waals surface area contributed by atoms with Crippen LogP contribution in [-0.2, 0) is 13.5 Å². The molecule has 0 fully saturated rings. The zero-order chi connectivity index (χ0) is 12.0. The average molecular weight is 225 g/mol. The number of hydrogen-bond donors (Lipinski definition) is 1. The first kappa shape index (κ1) is 13.1. The normalized spacial score (nSPS) is 13.3. The fourth-order valence-electron chi connectivity index (χ4n) is 1.60. The summed E-state index contributed by atoms with van der Waals surface area (Å²) < 4.78 is 0. The second-order valence-electron chi connectivity index (χ2n) is 4.73. The molecule has 0 aromatic carbocycles. The quantitative estimate of drug-likeness (QED) is 0.753. The van der Waals surface area contributed by atoms with Gasteiger partial charge in [0.2, 0.25) is 0 Å². The fraction of sp³-hybridized carbons (Fsp3) is 0.909. The van der Waals surface area contributed by atoms with E-state index in [1.54, 1.807) is 7.05 Å². The van der Waals surface area contributed by atoms with Gasteiger partial charge in [-0.05, 0) is 30.1 Å². The number of rotatable bonds is 7. The molecule has 0 spiro atoms. The molecule has 0 aliphatic carbocycles. The highest BCUT2D eigenvalue weighted by atomic mass is 15.6. The number of nitrogens with one attached hydrogen (secondary N) is 1. The van der Waals surface area contributed by atoms with Crippen LogP contribution in [0.1, 0.15) is 33.0 Å². The van der Waals surface area contributed by atoms with Crippen LogP contribution in [0.2, 0.25) is 0 Å². The summed E-state index contributed by atoms with van der Waals surface area (Å²) in [6.45, 7) is 8.76.